The van der Waals surface area contributed by atoms with Gasteiger partial charge in [-0.15, -0.1) is 0 Å². The molecule has 0 aliphatic carbocycles. The normalized spacial score (nSPS) is 14.8. The molecular weight excluding hydrogens is 478 g/mol. The number of carboxylic acids is 1. The number of amides is 3. The van der Waals surface area contributed by atoms with Crippen LogP contribution in [0.4, 0.5) is 0 Å². The van der Waals surface area contributed by atoms with Gasteiger partial charge in [0.05, 0.1) is 6.04 Å². The Morgan fingerprint density at radius 1 is 0.971 bits per heavy atom. The van der Waals surface area contributed by atoms with Gasteiger partial charge in [-0.25, -0.2) is 4.79 Å². The summed E-state index contributed by atoms with van der Waals surface area (Å²) in [5, 5.41) is 18.1. The third-order valence-electron chi connectivity index (χ3n) is 5.31. The van der Waals surface area contributed by atoms with Crippen molar-refractivity contribution in [3.8, 4) is 0 Å². The van der Waals surface area contributed by atoms with E-state index in [0.717, 1.165) is 16.5 Å². The highest BCUT2D eigenvalue weighted by Crippen LogP contribution is 2.19. The number of rotatable bonds is 12. The van der Waals surface area contributed by atoms with E-state index in [-0.39, 0.29) is 23.8 Å². The van der Waals surface area contributed by atoms with Gasteiger partial charge in [0.1, 0.15) is 18.1 Å². The van der Waals surface area contributed by atoms with Crippen molar-refractivity contribution in [1.82, 2.24) is 20.9 Å². The molecule has 1 heterocycles. The lowest BCUT2D eigenvalue weighted by atomic mass is 10.0. The Bertz CT molecular complexity index is 1030. The Morgan fingerprint density at radius 2 is 1.62 bits per heavy atom. The maximum Gasteiger partial charge on any atom is 0.326 e. The van der Waals surface area contributed by atoms with Gasteiger partial charge in [-0.05, 0) is 17.5 Å². The number of aromatic amines is 1. The first kappa shape index (κ1) is 27.5. The van der Waals surface area contributed by atoms with Crippen molar-refractivity contribution in [2.45, 2.75) is 44.4 Å². The van der Waals surface area contributed by atoms with Crippen molar-refractivity contribution in [2.75, 3.05) is 11.5 Å². The van der Waals surface area contributed by atoms with E-state index in [9.17, 15) is 24.3 Å². The van der Waals surface area contributed by atoms with Crippen LogP contribution in [0.1, 0.15) is 19.4 Å². The van der Waals surface area contributed by atoms with E-state index < -0.39 is 47.9 Å². The Hall–Kier alpha value is -2.70. The summed E-state index contributed by atoms with van der Waals surface area (Å²) in [6.07, 6.45) is 1.75. The molecule has 0 saturated carbocycles. The minimum Gasteiger partial charge on any atom is -0.480 e. The van der Waals surface area contributed by atoms with Gasteiger partial charge in [0.2, 0.25) is 17.7 Å². The molecule has 0 saturated heterocycles. The molecule has 0 spiro atoms. The first-order chi connectivity index (χ1) is 16.1. The molecule has 0 aliphatic heterocycles. The van der Waals surface area contributed by atoms with Crippen molar-refractivity contribution in [1.29, 1.82) is 0 Å². The van der Waals surface area contributed by atoms with E-state index >= 15 is 0 Å². The van der Waals surface area contributed by atoms with Gasteiger partial charge < -0.3 is 31.8 Å². The maximum atomic E-state index is 12.8. The first-order valence-corrected chi connectivity index (χ1v) is 12.0. The summed E-state index contributed by atoms with van der Waals surface area (Å²) >= 11 is 8.11. The molecule has 2 aromatic rings. The number of carboxylic acid groups (broad SMARTS) is 1. The zero-order valence-corrected chi connectivity index (χ0v) is 20.7. The largest absolute Gasteiger partial charge is 0.480 e. The van der Waals surface area contributed by atoms with Crippen molar-refractivity contribution in [3.05, 3.63) is 36.0 Å². The Balaban J connectivity index is 2.09. The molecule has 0 radical (unpaired) electrons. The second-order valence-electron chi connectivity index (χ2n) is 8.23. The Labute approximate surface area is 208 Å². The van der Waals surface area contributed by atoms with Gasteiger partial charge >= 0.3 is 5.97 Å². The molecule has 4 unspecified atom stereocenters. The van der Waals surface area contributed by atoms with E-state index in [1.54, 1.807) is 20.0 Å². The molecule has 0 fully saturated rings. The molecule has 12 heteroatoms. The summed E-state index contributed by atoms with van der Waals surface area (Å²) in [5.74, 6) is -3.33. The average Bonchev–Trinajstić information content (AvgIpc) is 3.21. The van der Waals surface area contributed by atoms with Crippen molar-refractivity contribution in [3.63, 3.8) is 0 Å². The van der Waals surface area contributed by atoms with Crippen molar-refractivity contribution < 1.29 is 24.3 Å². The van der Waals surface area contributed by atoms with Crippen LogP contribution in [0, 0.1) is 5.92 Å². The minimum absolute atomic E-state index is 0.0462. The number of fused-ring (bicyclic) bond motifs is 1. The molecule has 10 nitrogen and oxygen atoms in total. The van der Waals surface area contributed by atoms with Gasteiger partial charge in [-0.2, -0.15) is 25.3 Å². The summed E-state index contributed by atoms with van der Waals surface area (Å²) in [7, 11) is 0. The lowest BCUT2D eigenvalue weighted by molar-refractivity contribution is -0.142. The fourth-order valence-electron chi connectivity index (χ4n) is 3.33. The third-order valence-corrected chi connectivity index (χ3v) is 6.07. The van der Waals surface area contributed by atoms with Crippen LogP contribution in [0.2, 0.25) is 0 Å². The van der Waals surface area contributed by atoms with E-state index in [2.05, 4.69) is 46.2 Å². The summed E-state index contributed by atoms with van der Waals surface area (Å²) in [6.45, 7) is 3.46. The number of nitrogens with two attached hydrogens (primary N) is 1. The van der Waals surface area contributed by atoms with Crippen LogP contribution in [0.15, 0.2) is 30.5 Å². The molecule has 7 N–H and O–H groups in total. The topological polar surface area (TPSA) is 166 Å². The van der Waals surface area contributed by atoms with E-state index in [1.165, 1.54) is 0 Å². The summed E-state index contributed by atoms with van der Waals surface area (Å²) in [5.41, 5.74) is 7.25. The minimum atomic E-state index is -1.22. The number of benzene rings is 1. The predicted octanol–water partition coefficient (Wildman–Crippen LogP) is 0.0923. The second-order valence-corrected chi connectivity index (χ2v) is 8.96. The molecule has 1 aromatic carbocycles. The van der Waals surface area contributed by atoms with Crippen LogP contribution >= 0.6 is 25.3 Å². The van der Waals surface area contributed by atoms with Crippen LogP contribution < -0.4 is 21.7 Å². The fourth-order valence-corrected chi connectivity index (χ4v) is 3.75. The van der Waals surface area contributed by atoms with Gasteiger partial charge in [-0.1, -0.05) is 32.0 Å². The number of carbonyl (C=O) groups is 4. The summed E-state index contributed by atoms with van der Waals surface area (Å²) in [4.78, 5) is 52.7. The van der Waals surface area contributed by atoms with Gasteiger partial charge in [0.25, 0.3) is 0 Å². The summed E-state index contributed by atoms with van der Waals surface area (Å²) in [6, 6.07) is 3.26. The van der Waals surface area contributed by atoms with Gasteiger partial charge in [0.15, 0.2) is 0 Å². The van der Waals surface area contributed by atoms with Gasteiger partial charge in [-0.3, -0.25) is 14.4 Å². The van der Waals surface area contributed by atoms with Gasteiger partial charge in [0, 0.05) is 35.0 Å². The number of hydrogen-bond acceptors (Lipinski definition) is 7. The zero-order valence-electron chi connectivity index (χ0n) is 18.9. The van der Waals surface area contributed by atoms with Crippen LogP contribution in [-0.2, 0) is 25.6 Å². The fraction of sp³-hybridized carbons (Fsp3) is 0.455. The quantitative estimate of drug-likeness (QED) is 0.189. The van der Waals surface area contributed by atoms with Crippen molar-refractivity contribution >= 4 is 59.9 Å². The number of H-pyrrole nitrogens is 1. The van der Waals surface area contributed by atoms with E-state index in [4.69, 9.17) is 5.73 Å². The highest BCUT2D eigenvalue weighted by Gasteiger charge is 2.31. The molecular formula is C22H31N5O5S2. The number of nitrogens with one attached hydrogen (secondary N) is 4. The SMILES string of the molecule is CC(C)C(NC(=O)C(N)CS)C(=O)NC(CS)C(=O)NC(Cc1c[nH]c2ccccc12)C(=O)O. The van der Waals surface area contributed by atoms with Crippen LogP contribution in [0.5, 0.6) is 0 Å². The molecule has 4 atom stereocenters. The second kappa shape index (κ2) is 12.7. The molecule has 3 amide bonds. The molecule has 0 aliphatic rings. The number of carbonyl (C=O) groups excluding carboxylic acids is 3. The van der Waals surface area contributed by atoms with Crippen LogP contribution in [-0.4, -0.2) is 69.5 Å². The number of aliphatic carboxylic acids is 1. The standard InChI is InChI=1S/C22H31N5O5S2/c1-11(2)18(27-19(28)14(23)9-33)21(30)26-17(10-34)20(29)25-16(22(31)32)7-12-8-24-15-6-4-3-5-13(12)15/h3-6,8,11,14,16-18,24,33-34H,7,9-10,23H2,1-2H3,(H,25,29)(H,26,30)(H,27,28)(H,31,32). The lowest BCUT2D eigenvalue weighted by Gasteiger charge is -2.26. The predicted molar refractivity (Wildman–Crippen MR) is 136 cm³/mol. The van der Waals surface area contributed by atoms with Crippen LogP contribution in [0.25, 0.3) is 10.9 Å². The molecule has 186 valence electrons. The number of para-hydroxylation sites is 1. The third kappa shape index (κ3) is 7.15. The van der Waals surface area contributed by atoms with Crippen LogP contribution in [0.3, 0.4) is 0 Å². The molecule has 0 bridgehead atoms. The molecule has 34 heavy (non-hydrogen) atoms. The van der Waals surface area contributed by atoms with Crippen molar-refractivity contribution in [2.24, 2.45) is 11.7 Å². The Morgan fingerprint density at radius 3 is 2.21 bits per heavy atom. The number of thiol groups is 2. The monoisotopic (exact) mass is 509 g/mol. The maximum absolute atomic E-state index is 12.8. The molecule has 1 aromatic heterocycles. The first-order valence-electron chi connectivity index (χ1n) is 10.7. The summed E-state index contributed by atoms with van der Waals surface area (Å²) < 4.78 is 0. The smallest absolute Gasteiger partial charge is 0.326 e. The number of hydrogen-bond donors (Lipinski definition) is 8. The zero-order chi connectivity index (χ0) is 25.4. The lowest BCUT2D eigenvalue weighted by Crippen LogP contribution is -2.59. The van der Waals surface area contributed by atoms with E-state index in [1.807, 2.05) is 24.3 Å². The molecule has 2 rings (SSSR count). The Kier molecular flexibility index (Phi) is 10.3. The highest BCUT2D eigenvalue weighted by atomic mass is 32.1. The average molecular weight is 510 g/mol. The van der Waals surface area contributed by atoms with E-state index in [0.29, 0.717) is 0 Å². The number of aromatic nitrogens is 1. The highest BCUT2D eigenvalue weighted by molar-refractivity contribution is 7.80.